The quantitative estimate of drug-likeness (QED) is 0.572. The first-order valence-corrected chi connectivity index (χ1v) is 6.87. The van der Waals surface area contributed by atoms with E-state index in [1.54, 1.807) is 13.8 Å². The van der Waals surface area contributed by atoms with Crippen LogP contribution in [-0.4, -0.2) is 23.2 Å². The van der Waals surface area contributed by atoms with Gasteiger partial charge in [-0.15, -0.1) is 0 Å². The van der Waals surface area contributed by atoms with Gasteiger partial charge in [-0.05, 0) is 36.0 Å². The van der Waals surface area contributed by atoms with Gasteiger partial charge in [0.1, 0.15) is 6.61 Å². The average molecular weight is 255 g/mol. The third kappa shape index (κ3) is 1.77. The van der Waals surface area contributed by atoms with Gasteiger partial charge in [-0.25, -0.2) is 0 Å². The van der Waals surface area contributed by atoms with Crippen LogP contribution in [0.4, 0.5) is 0 Å². The number of ether oxygens (including phenoxy) is 1. The largest absolute Gasteiger partial charge is 0.370 e. The zero-order chi connectivity index (χ0) is 13.8. The van der Waals surface area contributed by atoms with Gasteiger partial charge < -0.3 is 4.74 Å². The Labute approximate surface area is 109 Å². The molecular weight excluding hydrogens is 230 g/mol. The van der Waals surface area contributed by atoms with Crippen molar-refractivity contribution in [1.29, 1.82) is 0 Å². The molecule has 18 heavy (non-hydrogen) atoms. The Kier molecular flexibility index (Phi) is 3.01. The molecule has 104 valence electrons. The fourth-order valence-corrected chi connectivity index (χ4v) is 3.74. The second kappa shape index (κ2) is 3.92. The molecule has 0 radical (unpaired) electrons. The van der Waals surface area contributed by atoms with Crippen molar-refractivity contribution < 1.29 is 9.66 Å². The lowest BCUT2D eigenvalue weighted by Gasteiger charge is -2.39. The Morgan fingerprint density at radius 2 is 2.00 bits per heavy atom. The van der Waals surface area contributed by atoms with Crippen LogP contribution >= 0.6 is 0 Å². The second-order valence-corrected chi connectivity index (χ2v) is 7.48. The molecule has 2 rings (SSSR count). The molecule has 0 aromatic heterocycles. The lowest BCUT2D eigenvalue weighted by molar-refractivity contribution is -0.565. The molecule has 2 bridgehead atoms. The van der Waals surface area contributed by atoms with Crippen molar-refractivity contribution in [3.8, 4) is 0 Å². The van der Waals surface area contributed by atoms with Gasteiger partial charge in [0, 0.05) is 18.8 Å². The normalized spacial score (nSPS) is 38.1. The van der Waals surface area contributed by atoms with Crippen LogP contribution in [0.15, 0.2) is 0 Å². The Balaban J connectivity index is 2.04. The predicted octanol–water partition coefficient (Wildman–Crippen LogP) is 3.27. The van der Waals surface area contributed by atoms with Crippen molar-refractivity contribution in [2.75, 3.05) is 6.61 Å². The van der Waals surface area contributed by atoms with E-state index >= 15 is 0 Å². The van der Waals surface area contributed by atoms with Crippen LogP contribution < -0.4 is 0 Å². The van der Waals surface area contributed by atoms with Crippen LogP contribution in [0, 0.1) is 26.9 Å². The summed E-state index contributed by atoms with van der Waals surface area (Å²) in [6.07, 6.45) is 3.72. The topological polar surface area (TPSA) is 52.4 Å². The maximum Gasteiger partial charge on any atom is 0.239 e. The molecule has 4 nitrogen and oxygen atoms in total. The zero-order valence-electron chi connectivity index (χ0n) is 12.2. The van der Waals surface area contributed by atoms with E-state index in [0.717, 1.165) is 6.42 Å². The third-order valence-electron chi connectivity index (χ3n) is 5.85. The molecular formula is C14H25NO3. The predicted molar refractivity (Wildman–Crippen MR) is 70.0 cm³/mol. The summed E-state index contributed by atoms with van der Waals surface area (Å²) in [7, 11) is 0. The summed E-state index contributed by atoms with van der Waals surface area (Å²) in [6.45, 7) is 10.4. The van der Waals surface area contributed by atoms with Crippen LogP contribution in [0.1, 0.15) is 53.9 Å². The van der Waals surface area contributed by atoms with E-state index in [4.69, 9.17) is 4.74 Å². The molecule has 0 aromatic rings. The van der Waals surface area contributed by atoms with E-state index in [2.05, 4.69) is 20.8 Å². The van der Waals surface area contributed by atoms with Crippen LogP contribution in [0.25, 0.3) is 0 Å². The summed E-state index contributed by atoms with van der Waals surface area (Å²) in [5, 5.41) is 10.9. The summed E-state index contributed by atoms with van der Waals surface area (Å²) in [4.78, 5) is 10.7. The molecule has 0 unspecified atom stereocenters. The van der Waals surface area contributed by atoms with Crippen molar-refractivity contribution in [1.82, 2.24) is 0 Å². The monoisotopic (exact) mass is 255 g/mol. The number of fused-ring (bicyclic) bond motifs is 2. The van der Waals surface area contributed by atoms with Gasteiger partial charge in [0.25, 0.3) is 0 Å². The molecule has 4 heteroatoms. The minimum atomic E-state index is -0.984. The molecule has 2 aliphatic carbocycles. The molecule has 0 aromatic carbocycles. The Hall–Kier alpha value is -0.640. The van der Waals surface area contributed by atoms with Crippen molar-refractivity contribution in [3.63, 3.8) is 0 Å². The highest BCUT2D eigenvalue weighted by molar-refractivity contribution is 5.11. The maximum absolute atomic E-state index is 10.9. The van der Waals surface area contributed by atoms with Gasteiger partial charge in [-0.3, -0.25) is 10.1 Å². The van der Waals surface area contributed by atoms with E-state index in [-0.39, 0.29) is 23.0 Å². The maximum atomic E-state index is 10.9. The van der Waals surface area contributed by atoms with Crippen LogP contribution in [0.2, 0.25) is 0 Å². The number of nitro groups is 1. The highest BCUT2D eigenvalue weighted by atomic mass is 16.6. The smallest absolute Gasteiger partial charge is 0.239 e. The molecule has 2 aliphatic rings. The zero-order valence-corrected chi connectivity index (χ0v) is 12.2. The first-order valence-electron chi connectivity index (χ1n) is 6.87. The lowest BCUT2D eigenvalue weighted by Crippen LogP contribution is -2.42. The molecule has 0 saturated heterocycles. The standard InChI is InChI=1S/C14H25NO3/c1-12(2,15(16)17)9-18-11-8-10-6-7-14(11,5)13(10,3)4/h10-11H,6-9H2,1-5H3/t10-,11+,14-/m0/s1. The van der Waals surface area contributed by atoms with E-state index in [1.165, 1.54) is 12.8 Å². The van der Waals surface area contributed by atoms with Crippen molar-refractivity contribution in [3.05, 3.63) is 10.1 Å². The number of hydrogen-bond donors (Lipinski definition) is 0. The molecule has 0 amide bonds. The summed E-state index contributed by atoms with van der Waals surface area (Å²) in [5.74, 6) is 0.714. The first kappa shape index (κ1) is 13.8. The highest BCUT2D eigenvalue weighted by Gasteiger charge is 2.62. The molecule has 3 atom stereocenters. The molecule has 0 spiro atoms. The SMILES string of the molecule is CC(C)(CO[C@@H]1C[C@@H]2CC[C@]1(C)C2(C)C)[N+](=O)[O-]. The van der Waals surface area contributed by atoms with E-state index < -0.39 is 5.54 Å². The minimum Gasteiger partial charge on any atom is -0.370 e. The summed E-state index contributed by atoms with van der Waals surface area (Å²) >= 11 is 0. The van der Waals surface area contributed by atoms with Gasteiger partial charge >= 0.3 is 0 Å². The molecule has 0 N–H and O–H groups in total. The van der Waals surface area contributed by atoms with Gasteiger partial charge in [0.05, 0.1) is 6.10 Å². The Bertz CT molecular complexity index is 364. The van der Waals surface area contributed by atoms with Crippen LogP contribution in [0.5, 0.6) is 0 Å². The Morgan fingerprint density at radius 3 is 2.39 bits per heavy atom. The summed E-state index contributed by atoms with van der Waals surface area (Å²) in [5.41, 5.74) is -0.497. The lowest BCUT2D eigenvalue weighted by atomic mass is 9.70. The fraction of sp³-hybridized carbons (Fsp3) is 1.00. The number of hydrogen-bond acceptors (Lipinski definition) is 3. The van der Waals surface area contributed by atoms with Crippen LogP contribution in [0.3, 0.4) is 0 Å². The average Bonchev–Trinajstić information content (AvgIpc) is 2.58. The summed E-state index contributed by atoms with van der Waals surface area (Å²) < 4.78 is 5.96. The van der Waals surface area contributed by atoms with Gasteiger partial charge in [0.15, 0.2) is 0 Å². The van der Waals surface area contributed by atoms with Crippen LogP contribution in [-0.2, 0) is 4.74 Å². The van der Waals surface area contributed by atoms with Crippen molar-refractivity contribution >= 4 is 0 Å². The van der Waals surface area contributed by atoms with E-state index in [9.17, 15) is 10.1 Å². The second-order valence-electron chi connectivity index (χ2n) is 7.48. The molecule has 2 saturated carbocycles. The van der Waals surface area contributed by atoms with Gasteiger partial charge in [-0.2, -0.15) is 0 Å². The fourth-order valence-electron chi connectivity index (χ4n) is 3.74. The molecule has 0 aliphatic heterocycles. The minimum absolute atomic E-state index is 0.185. The Morgan fingerprint density at radius 1 is 1.39 bits per heavy atom. The number of nitrogens with zero attached hydrogens (tertiary/aromatic N) is 1. The van der Waals surface area contributed by atoms with Gasteiger partial charge in [0.2, 0.25) is 5.54 Å². The van der Waals surface area contributed by atoms with Gasteiger partial charge in [-0.1, -0.05) is 20.8 Å². The molecule has 2 fully saturated rings. The van der Waals surface area contributed by atoms with Crippen molar-refractivity contribution in [2.45, 2.75) is 65.5 Å². The van der Waals surface area contributed by atoms with E-state index in [1.807, 2.05) is 0 Å². The molecule has 0 heterocycles. The number of rotatable bonds is 4. The van der Waals surface area contributed by atoms with Crippen molar-refractivity contribution in [2.24, 2.45) is 16.7 Å². The highest BCUT2D eigenvalue weighted by Crippen LogP contribution is 2.66. The van der Waals surface area contributed by atoms with E-state index in [0.29, 0.717) is 11.3 Å². The first-order chi connectivity index (χ1) is 8.11. The third-order valence-corrected chi connectivity index (χ3v) is 5.85. The summed E-state index contributed by atoms with van der Waals surface area (Å²) in [6, 6.07) is 0.